The lowest BCUT2D eigenvalue weighted by Crippen LogP contribution is -2.38. The van der Waals surface area contributed by atoms with Crippen LogP contribution in [-0.2, 0) is 0 Å². The number of likely N-dealkylation sites (tertiary alicyclic amines) is 1. The van der Waals surface area contributed by atoms with Crippen LogP contribution in [0.1, 0.15) is 23.3 Å². The van der Waals surface area contributed by atoms with Gasteiger partial charge in [0.2, 0.25) is 0 Å². The third kappa shape index (κ3) is 2.70. The van der Waals surface area contributed by atoms with Crippen LogP contribution in [0.15, 0.2) is 30.3 Å². The number of fused-ring (bicyclic) bond motifs is 1. The Kier molecular flexibility index (Phi) is 3.76. The molecule has 1 aromatic heterocycles. The Balaban J connectivity index is 1.87. The number of hydrogen-bond acceptors (Lipinski definition) is 3. The average Bonchev–Trinajstić information content (AvgIpc) is 2.54. The lowest BCUT2D eigenvalue weighted by atomic mass is 9.98. The van der Waals surface area contributed by atoms with Crippen LogP contribution in [0.3, 0.4) is 0 Å². The maximum atomic E-state index is 12.5. The van der Waals surface area contributed by atoms with Crippen LogP contribution in [0.2, 0.25) is 5.02 Å². The molecule has 1 aromatic carbocycles. The molecule has 2 aromatic rings. The van der Waals surface area contributed by atoms with Gasteiger partial charge >= 0.3 is 0 Å². The summed E-state index contributed by atoms with van der Waals surface area (Å²) in [5.74, 6) is -0.0544. The molecule has 3 rings (SSSR count). The molecular formula is C16H14ClN3O. The van der Waals surface area contributed by atoms with Crippen LogP contribution in [0.4, 0.5) is 0 Å². The summed E-state index contributed by atoms with van der Waals surface area (Å²) in [6.45, 7) is 1.20. The number of carbonyl (C=O) groups excluding carboxylic acids is 1. The van der Waals surface area contributed by atoms with Gasteiger partial charge in [-0.2, -0.15) is 5.26 Å². The molecule has 0 N–H and O–H groups in total. The number of piperidine rings is 1. The zero-order chi connectivity index (χ0) is 14.8. The highest BCUT2D eigenvalue weighted by molar-refractivity contribution is 6.35. The molecule has 5 heteroatoms. The standard InChI is InChI=1S/C16H14ClN3O/c17-13-9-15(19-14-4-2-1-3-12(13)14)16(21)20-7-5-11(10-18)6-8-20/h1-4,9,11H,5-8H2. The Morgan fingerprint density at radius 3 is 2.76 bits per heavy atom. The molecule has 2 heterocycles. The van der Waals surface area contributed by atoms with Crippen molar-refractivity contribution in [2.24, 2.45) is 5.92 Å². The van der Waals surface area contributed by atoms with E-state index in [-0.39, 0.29) is 11.8 Å². The summed E-state index contributed by atoms with van der Waals surface area (Å²) >= 11 is 6.24. The smallest absolute Gasteiger partial charge is 0.272 e. The number of aromatic nitrogens is 1. The summed E-state index contributed by atoms with van der Waals surface area (Å²) in [6.07, 6.45) is 1.45. The van der Waals surface area contributed by atoms with Crippen LogP contribution in [0, 0.1) is 17.2 Å². The molecule has 0 bridgehead atoms. The zero-order valence-corrected chi connectivity index (χ0v) is 12.2. The Labute approximate surface area is 127 Å². The van der Waals surface area contributed by atoms with Crippen molar-refractivity contribution in [1.82, 2.24) is 9.88 Å². The lowest BCUT2D eigenvalue weighted by molar-refractivity contribution is 0.0702. The number of hydrogen-bond donors (Lipinski definition) is 0. The van der Waals surface area contributed by atoms with E-state index in [9.17, 15) is 4.79 Å². The Hall–Kier alpha value is -2.12. The minimum Gasteiger partial charge on any atom is -0.337 e. The molecule has 0 spiro atoms. The third-order valence-electron chi connectivity index (χ3n) is 3.85. The number of rotatable bonds is 1. The van der Waals surface area contributed by atoms with Gasteiger partial charge in [0.05, 0.1) is 16.6 Å². The Morgan fingerprint density at radius 2 is 2.05 bits per heavy atom. The van der Waals surface area contributed by atoms with Gasteiger partial charge in [-0.15, -0.1) is 0 Å². The van der Waals surface area contributed by atoms with Crippen LogP contribution >= 0.6 is 11.6 Å². The van der Waals surface area contributed by atoms with Crippen LogP contribution in [-0.4, -0.2) is 28.9 Å². The van der Waals surface area contributed by atoms with Crippen molar-refractivity contribution in [3.63, 3.8) is 0 Å². The van der Waals surface area contributed by atoms with Crippen molar-refractivity contribution < 1.29 is 4.79 Å². The first kappa shape index (κ1) is 13.8. The van der Waals surface area contributed by atoms with E-state index in [1.807, 2.05) is 24.3 Å². The SMILES string of the molecule is N#CC1CCN(C(=O)c2cc(Cl)c3ccccc3n2)CC1. The van der Waals surface area contributed by atoms with E-state index < -0.39 is 0 Å². The summed E-state index contributed by atoms with van der Waals surface area (Å²) in [6, 6.07) is 11.4. The van der Waals surface area contributed by atoms with E-state index in [0.717, 1.165) is 23.7 Å². The zero-order valence-electron chi connectivity index (χ0n) is 11.4. The maximum absolute atomic E-state index is 12.5. The topological polar surface area (TPSA) is 57.0 Å². The number of amides is 1. The van der Waals surface area contributed by atoms with E-state index in [1.165, 1.54) is 0 Å². The first-order valence-corrected chi connectivity index (χ1v) is 7.31. The number of para-hydroxylation sites is 1. The summed E-state index contributed by atoms with van der Waals surface area (Å²) in [5.41, 5.74) is 1.09. The quantitative estimate of drug-likeness (QED) is 0.812. The molecule has 1 saturated heterocycles. The fraction of sp³-hybridized carbons (Fsp3) is 0.312. The maximum Gasteiger partial charge on any atom is 0.272 e. The molecule has 0 unspecified atom stereocenters. The normalized spacial score (nSPS) is 15.9. The number of halogens is 1. The molecular weight excluding hydrogens is 286 g/mol. The first-order valence-electron chi connectivity index (χ1n) is 6.93. The highest BCUT2D eigenvalue weighted by Crippen LogP contribution is 2.24. The van der Waals surface area contributed by atoms with Crippen molar-refractivity contribution in [3.05, 3.63) is 41.0 Å². The summed E-state index contributed by atoms with van der Waals surface area (Å²) < 4.78 is 0. The first-order chi connectivity index (χ1) is 10.2. The van der Waals surface area contributed by atoms with E-state index in [1.54, 1.807) is 11.0 Å². The van der Waals surface area contributed by atoms with E-state index in [4.69, 9.17) is 16.9 Å². The number of pyridine rings is 1. The minimum absolute atomic E-state index is 0.0576. The number of nitrogens with zero attached hydrogens (tertiary/aromatic N) is 3. The predicted molar refractivity (Wildman–Crippen MR) is 81.0 cm³/mol. The summed E-state index contributed by atoms with van der Waals surface area (Å²) in [5, 5.41) is 10.3. The van der Waals surface area contributed by atoms with E-state index >= 15 is 0 Å². The van der Waals surface area contributed by atoms with Gasteiger partial charge in [0, 0.05) is 24.4 Å². The van der Waals surface area contributed by atoms with Gasteiger partial charge in [-0.25, -0.2) is 4.98 Å². The number of nitriles is 1. The van der Waals surface area contributed by atoms with Gasteiger partial charge in [-0.1, -0.05) is 29.8 Å². The second-order valence-electron chi connectivity index (χ2n) is 5.20. The van der Waals surface area contributed by atoms with Crippen LogP contribution in [0.25, 0.3) is 10.9 Å². The molecule has 4 nitrogen and oxygen atoms in total. The minimum atomic E-state index is -0.112. The van der Waals surface area contributed by atoms with Crippen molar-refractivity contribution in [2.75, 3.05) is 13.1 Å². The third-order valence-corrected chi connectivity index (χ3v) is 4.16. The molecule has 1 aliphatic heterocycles. The van der Waals surface area contributed by atoms with Gasteiger partial charge in [0.15, 0.2) is 0 Å². The highest BCUT2D eigenvalue weighted by Gasteiger charge is 2.24. The monoisotopic (exact) mass is 299 g/mol. The Morgan fingerprint density at radius 1 is 1.33 bits per heavy atom. The lowest BCUT2D eigenvalue weighted by Gasteiger charge is -2.28. The molecule has 1 fully saturated rings. The second-order valence-corrected chi connectivity index (χ2v) is 5.61. The molecule has 0 radical (unpaired) electrons. The van der Waals surface area contributed by atoms with E-state index in [0.29, 0.717) is 23.8 Å². The van der Waals surface area contributed by atoms with Crippen molar-refractivity contribution in [3.8, 4) is 6.07 Å². The summed E-state index contributed by atoms with van der Waals surface area (Å²) in [4.78, 5) is 18.7. The summed E-state index contributed by atoms with van der Waals surface area (Å²) in [7, 11) is 0. The van der Waals surface area contributed by atoms with Crippen molar-refractivity contribution >= 4 is 28.4 Å². The van der Waals surface area contributed by atoms with Gasteiger partial charge in [0.25, 0.3) is 5.91 Å². The molecule has 0 atom stereocenters. The predicted octanol–water partition coefficient (Wildman–Crippen LogP) is 3.26. The second kappa shape index (κ2) is 5.71. The van der Waals surface area contributed by atoms with Crippen molar-refractivity contribution in [2.45, 2.75) is 12.8 Å². The van der Waals surface area contributed by atoms with Crippen LogP contribution in [0.5, 0.6) is 0 Å². The highest BCUT2D eigenvalue weighted by atomic mass is 35.5. The molecule has 0 aliphatic carbocycles. The molecule has 1 amide bonds. The number of carbonyl (C=O) groups is 1. The molecule has 106 valence electrons. The fourth-order valence-corrected chi connectivity index (χ4v) is 2.88. The van der Waals surface area contributed by atoms with Crippen LogP contribution < -0.4 is 0 Å². The van der Waals surface area contributed by atoms with Gasteiger partial charge in [0.1, 0.15) is 5.69 Å². The fourth-order valence-electron chi connectivity index (χ4n) is 2.62. The largest absolute Gasteiger partial charge is 0.337 e. The van der Waals surface area contributed by atoms with Gasteiger partial charge < -0.3 is 4.90 Å². The van der Waals surface area contributed by atoms with Gasteiger partial charge in [-0.05, 0) is 25.0 Å². The number of benzene rings is 1. The Bertz CT molecular complexity index is 730. The molecule has 1 aliphatic rings. The van der Waals surface area contributed by atoms with Crippen molar-refractivity contribution in [1.29, 1.82) is 5.26 Å². The van der Waals surface area contributed by atoms with Gasteiger partial charge in [-0.3, -0.25) is 4.79 Å². The van der Waals surface area contributed by atoms with E-state index in [2.05, 4.69) is 11.1 Å². The molecule has 0 saturated carbocycles. The average molecular weight is 300 g/mol. The molecule has 21 heavy (non-hydrogen) atoms.